The molecule has 2 rings (SSSR count). The van der Waals surface area contributed by atoms with Gasteiger partial charge in [-0.15, -0.1) is 0 Å². The molecule has 84 valence electrons. The molecule has 1 heterocycles. The normalized spacial score (nSPS) is 19.2. The van der Waals surface area contributed by atoms with Crippen molar-refractivity contribution in [2.45, 2.75) is 31.3 Å². The molecule has 4 nitrogen and oxygen atoms in total. The highest BCUT2D eigenvalue weighted by molar-refractivity contribution is 4.96. The van der Waals surface area contributed by atoms with Crippen molar-refractivity contribution in [3.63, 3.8) is 0 Å². The zero-order valence-corrected chi connectivity index (χ0v) is 9.61. The Bertz CT molecular complexity index is 327. The van der Waals surface area contributed by atoms with Crippen LogP contribution in [0.15, 0.2) is 12.4 Å². The second kappa shape index (κ2) is 3.94. The molecule has 1 aromatic heterocycles. The zero-order valence-electron chi connectivity index (χ0n) is 9.61. The first-order chi connectivity index (χ1) is 7.09. The minimum absolute atomic E-state index is 0.0694. The molecular formula is C11H20N4. The van der Waals surface area contributed by atoms with Crippen LogP contribution in [0.5, 0.6) is 0 Å². The fourth-order valence-corrected chi connectivity index (χ4v) is 2.17. The number of nitrogens with two attached hydrogens (primary N) is 1. The molecule has 1 saturated carbocycles. The van der Waals surface area contributed by atoms with Crippen molar-refractivity contribution >= 4 is 0 Å². The number of rotatable bonds is 4. The van der Waals surface area contributed by atoms with Crippen LogP contribution in [0.3, 0.4) is 0 Å². The van der Waals surface area contributed by atoms with Crippen molar-refractivity contribution in [3.8, 4) is 0 Å². The predicted octanol–water partition coefficient (Wildman–Crippen LogP) is 0.733. The van der Waals surface area contributed by atoms with Crippen molar-refractivity contribution in [3.05, 3.63) is 18.2 Å². The first kappa shape index (κ1) is 10.6. The molecule has 0 radical (unpaired) electrons. The Hall–Kier alpha value is -0.870. The van der Waals surface area contributed by atoms with Gasteiger partial charge in [0, 0.05) is 31.5 Å². The lowest BCUT2D eigenvalue weighted by Gasteiger charge is -2.40. The maximum atomic E-state index is 6.20. The smallest absolute Gasteiger partial charge is 0.122 e. The van der Waals surface area contributed by atoms with E-state index in [1.807, 2.05) is 19.4 Å². The first-order valence-electron chi connectivity index (χ1n) is 5.53. The van der Waals surface area contributed by atoms with Crippen LogP contribution in [0, 0.1) is 0 Å². The molecule has 0 spiro atoms. The van der Waals surface area contributed by atoms with Crippen molar-refractivity contribution in [1.82, 2.24) is 14.5 Å². The van der Waals surface area contributed by atoms with Gasteiger partial charge in [0.25, 0.3) is 0 Å². The molecule has 0 aromatic carbocycles. The Labute approximate surface area is 91.1 Å². The van der Waals surface area contributed by atoms with Gasteiger partial charge in [-0.3, -0.25) is 4.90 Å². The van der Waals surface area contributed by atoms with E-state index in [0.29, 0.717) is 0 Å². The topological polar surface area (TPSA) is 47.1 Å². The van der Waals surface area contributed by atoms with Crippen LogP contribution in [0.2, 0.25) is 0 Å². The molecule has 15 heavy (non-hydrogen) atoms. The van der Waals surface area contributed by atoms with Crippen LogP contribution in [-0.2, 0) is 13.6 Å². The summed E-state index contributed by atoms with van der Waals surface area (Å²) in [6.07, 6.45) is 7.43. The molecule has 0 unspecified atom stereocenters. The Morgan fingerprint density at radius 2 is 2.33 bits per heavy atom. The van der Waals surface area contributed by atoms with Crippen LogP contribution in [0.1, 0.15) is 25.1 Å². The van der Waals surface area contributed by atoms with Gasteiger partial charge in [0.05, 0.1) is 6.54 Å². The van der Waals surface area contributed by atoms with Crippen LogP contribution < -0.4 is 5.73 Å². The van der Waals surface area contributed by atoms with E-state index in [4.69, 9.17) is 5.73 Å². The molecule has 1 aliphatic carbocycles. The number of imidazole rings is 1. The quantitative estimate of drug-likeness (QED) is 0.793. The molecule has 0 saturated heterocycles. The fraction of sp³-hybridized carbons (Fsp3) is 0.727. The van der Waals surface area contributed by atoms with Gasteiger partial charge in [-0.25, -0.2) is 4.98 Å². The van der Waals surface area contributed by atoms with Crippen molar-refractivity contribution < 1.29 is 0 Å². The van der Waals surface area contributed by atoms with Crippen molar-refractivity contribution in [2.24, 2.45) is 12.8 Å². The molecule has 1 aliphatic rings. The van der Waals surface area contributed by atoms with Gasteiger partial charge in [-0.05, 0) is 26.3 Å². The van der Waals surface area contributed by atoms with E-state index in [9.17, 15) is 0 Å². The van der Waals surface area contributed by atoms with E-state index < -0.39 is 0 Å². The van der Waals surface area contributed by atoms with Crippen molar-refractivity contribution in [2.75, 3.05) is 13.6 Å². The Balaban J connectivity index is 1.87. The molecule has 0 bridgehead atoms. The average Bonchev–Trinajstić information content (AvgIpc) is 2.49. The Morgan fingerprint density at radius 1 is 1.60 bits per heavy atom. The van der Waals surface area contributed by atoms with Crippen LogP contribution >= 0.6 is 0 Å². The number of hydrogen-bond acceptors (Lipinski definition) is 3. The molecule has 0 amide bonds. The van der Waals surface area contributed by atoms with Gasteiger partial charge in [0.1, 0.15) is 5.82 Å². The molecular weight excluding hydrogens is 188 g/mol. The number of nitrogens with zero attached hydrogens (tertiary/aromatic N) is 3. The summed E-state index contributed by atoms with van der Waals surface area (Å²) in [7, 11) is 4.14. The summed E-state index contributed by atoms with van der Waals surface area (Å²) in [5, 5.41) is 0. The largest absolute Gasteiger partial charge is 0.337 e. The van der Waals surface area contributed by atoms with E-state index >= 15 is 0 Å². The van der Waals surface area contributed by atoms with Crippen LogP contribution in [0.4, 0.5) is 0 Å². The summed E-state index contributed by atoms with van der Waals surface area (Å²) in [5.74, 6) is 1.10. The lowest BCUT2D eigenvalue weighted by molar-refractivity contribution is 0.158. The van der Waals surface area contributed by atoms with Crippen LogP contribution in [-0.4, -0.2) is 33.6 Å². The number of likely N-dealkylation sites (N-methyl/N-ethyl adjacent to an activating group) is 1. The second-order valence-corrected chi connectivity index (χ2v) is 4.84. The Kier molecular flexibility index (Phi) is 2.80. The third-order valence-corrected chi connectivity index (χ3v) is 3.27. The standard InChI is InChI=1S/C11H20N4/c1-14(9-11(12)4-3-5-11)8-10-13-6-7-15(10)2/h6-7H,3-5,8-9,12H2,1-2H3. The summed E-state index contributed by atoms with van der Waals surface area (Å²) in [5.41, 5.74) is 6.27. The van der Waals surface area contributed by atoms with Gasteiger partial charge in [-0.1, -0.05) is 0 Å². The van der Waals surface area contributed by atoms with E-state index in [1.54, 1.807) is 0 Å². The number of aryl methyl sites for hydroxylation is 1. The van der Waals surface area contributed by atoms with Gasteiger partial charge in [0.15, 0.2) is 0 Å². The number of hydrogen-bond donors (Lipinski definition) is 1. The van der Waals surface area contributed by atoms with Gasteiger partial charge in [-0.2, -0.15) is 0 Å². The lowest BCUT2D eigenvalue weighted by Crippen LogP contribution is -2.54. The third-order valence-electron chi connectivity index (χ3n) is 3.27. The first-order valence-corrected chi connectivity index (χ1v) is 5.53. The summed E-state index contributed by atoms with van der Waals surface area (Å²) in [6.45, 7) is 1.85. The summed E-state index contributed by atoms with van der Waals surface area (Å²) in [6, 6.07) is 0. The minimum Gasteiger partial charge on any atom is -0.337 e. The highest BCUT2D eigenvalue weighted by atomic mass is 15.2. The molecule has 4 heteroatoms. The number of aromatic nitrogens is 2. The second-order valence-electron chi connectivity index (χ2n) is 4.84. The molecule has 1 aromatic rings. The fourth-order valence-electron chi connectivity index (χ4n) is 2.17. The summed E-state index contributed by atoms with van der Waals surface area (Å²) < 4.78 is 2.06. The summed E-state index contributed by atoms with van der Waals surface area (Å²) in [4.78, 5) is 6.58. The van der Waals surface area contributed by atoms with Gasteiger partial charge < -0.3 is 10.3 Å². The predicted molar refractivity (Wildman–Crippen MR) is 60.3 cm³/mol. The monoisotopic (exact) mass is 208 g/mol. The third kappa shape index (κ3) is 2.38. The van der Waals surface area contributed by atoms with Gasteiger partial charge >= 0.3 is 0 Å². The average molecular weight is 208 g/mol. The molecule has 1 fully saturated rings. The van der Waals surface area contributed by atoms with Gasteiger partial charge in [0.2, 0.25) is 0 Å². The van der Waals surface area contributed by atoms with Crippen LogP contribution in [0.25, 0.3) is 0 Å². The SMILES string of the molecule is CN(Cc1nccn1C)CC1(N)CCC1. The Morgan fingerprint density at radius 3 is 2.80 bits per heavy atom. The minimum atomic E-state index is 0.0694. The lowest BCUT2D eigenvalue weighted by atomic mass is 9.77. The van der Waals surface area contributed by atoms with E-state index in [1.165, 1.54) is 6.42 Å². The van der Waals surface area contributed by atoms with E-state index in [-0.39, 0.29) is 5.54 Å². The highest BCUT2D eigenvalue weighted by Gasteiger charge is 2.33. The van der Waals surface area contributed by atoms with E-state index in [0.717, 1.165) is 31.8 Å². The maximum Gasteiger partial charge on any atom is 0.122 e. The van der Waals surface area contributed by atoms with E-state index in [2.05, 4.69) is 21.5 Å². The zero-order chi connectivity index (χ0) is 10.9. The molecule has 2 N–H and O–H groups in total. The maximum absolute atomic E-state index is 6.20. The summed E-state index contributed by atoms with van der Waals surface area (Å²) >= 11 is 0. The molecule has 0 aliphatic heterocycles. The highest BCUT2D eigenvalue weighted by Crippen LogP contribution is 2.29. The van der Waals surface area contributed by atoms with Crippen molar-refractivity contribution in [1.29, 1.82) is 0 Å². The molecule has 0 atom stereocenters.